The van der Waals surface area contributed by atoms with E-state index in [1.165, 1.54) is 6.08 Å². The molecule has 4 nitrogen and oxygen atoms in total. The maximum Gasteiger partial charge on any atom is 0.343 e. The Bertz CT molecular complexity index is 731. The first-order valence-corrected chi connectivity index (χ1v) is 7.90. The van der Waals surface area contributed by atoms with E-state index in [0.717, 1.165) is 18.2 Å². The van der Waals surface area contributed by atoms with Gasteiger partial charge in [-0.3, -0.25) is 4.79 Å². The normalized spacial score (nSPS) is 17.0. The molecule has 1 aliphatic carbocycles. The molecule has 0 spiro atoms. The van der Waals surface area contributed by atoms with Crippen molar-refractivity contribution >= 4 is 18.0 Å². The molecule has 1 aliphatic rings. The molecule has 0 aromatic heterocycles. The van der Waals surface area contributed by atoms with Crippen molar-refractivity contribution in [3.63, 3.8) is 0 Å². The third kappa shape index (κ3) is 5.44. The number of benzene rings is 1. The molecule has 0 bridgehead atoms. The number of rotatable bonds is 6. The monoisotopic (exact) mass is 371 g/mol. The van der Waals surface area contributed by atoms with Crippen LogP contribution < -0.4 is 5.32 Å². The van der Waals surface area contributed by atoms with Crippen molar-refractivity contribution in [1.29, 1.82) is 0 Å². The molecular formula is C18H17F4NO3. The fourth-order valence-electron chi connectivity index (χ4n) is 2.37. The Kier molecular flexibility index (Phi) is 6.18. The standard InChI is InChI=1S/C18H17F4NO3/c1-2-26-16(24)9-12-7-15(8-12)23-17(25)18(21,22)4-3-11-5-13(19)10-14(20)6-11/h3-6,9-10,15H,2,7-8H2,1H3,(H,23,25)/b4-3+,12-9?. The molecule has 8 heteroatoms. The summed E-state index contributed by atoms with van der Waals surface area (Å²) in [6.07, 6.45) is 2.89. The minimum Gasteiger partial charge on any atom is -0.463 e. The van der Waals surface area contributed by atoms with E-state index in [1.807, 2.05) is 0 Å². The fraction of sp³-hybridized carbons (Fsp3) is 0.333. The Balaban J connectivity index is 1.90. The van der Waals surface area contributed by atoms with Gasteiger partial charge in [-0.1, -0.05) is 11.6 Å². The van der Waals surface area contributed by atoms with Gasteiger partial charge in [0.25, 0.3) is 5.91 Å². The van der Waals surface area contributed by atoms with E-state index < -0.39 is 35.5 Å². The number of nitrogens with one attached hydrogen (secondary N) is 1. The van der Waals surface area contributed by atoms with Crippen LogP contribution in [0.4, 0.5) is 17.6 Å². The second kappa shape index (κ2) is 8.16. The number of amides is 1. The van der Waals surface area contributed by atoms with Gasteiger partial charge in [0.05, 0.1) is 6.61 Å². The van der Waals surface area contributed by atoms with Crippen molar-refractivity contribution in [3.05, 3.63) is 53.1 Å². The minimum atomic E-state index is -3.84. The maximum atomic E-state index is 13.9. The van der Waals surface area contributed by atoms with Gasteiger partial charge in [-0.15, -0.1) is 0 Å². The van der Waals surface area contributed by atoms with E-state index in [9.17, 15) is 27.2 Å². The molecule has 140 valence electrons. The average molecular weight is 371 g/mol. The van der Waals surface area contributed by atoms with Crippen LogP contribution in [-0.2, 0) is 14.3 Å². The second-order valence-corrected chi connectivity index (χ2v) is 5.79. The lowest BCUT2D eigenvalue weighted by molar-refractivity contribution is -0.140. The van der Waals surface area contributed by atoms with Gasteiger partial charge in [-0.25, -0.2) is 13.6 Å². The van der Waals surface area contributed by atoms with Crippen molar-refractivity contribution in [2.75, 3.05) is 6.61 Å². The van der Waals surface area contributed by atoms with E-state index in [1.54, 1.807) is 6.92 Å². The van der Waals surface area contributed by atoms with Crippen LogP contribution in [-0.4, -0.2) is 30.4 Å². The van der Waals surface area contributed by atoms with E-state index >= 15 is 0 Å². The van der Waals surface area contributed by atoms with E-state index in [2.05, 4.69) is 5.32 Å². The van der Waals surface area contributed by atoms with Crippen LogP contribution in [0.1, 0.15) is 25.3 Å². The molecule has 0 radical (unpaired) electrons. The molecule has 1 aromatic rings. The van der Waals surface area contributed by atoms with Gasteiger partial charge in [-0.05, 0) is 43.5 Å². The third-order valence-corrected chi connectivity index (χ3v) is 3.63. The summed E-state index contributed by atoms with van der Waals surface area (Å²) in [5.74, 6) is -7.70. The SMILES string of the molecule is CCOC(=O)C=C1CC(NC(=O)C(F)(F)/C=C/c2cc(F)cc(F)c2)C1. The highest BCUT2D eigenvalue weighted by Crippen LogP contribution is 2.28. The molecule has 1 amide bonds. The van der Waals surface area contributed by atoms with Gasteiger partial charge in [-0.2, -0.15) is 8.78 Å². The predicted molar refractivity (Wildman–Crippen MR) is 86.2 cm³/mol. The lowest BCUT2D eigenvalue weighted by Gasteiger charge is -2.30. The Morgan fingerprint density at radius 3 is 2.42 bits per heavy atom. The number of carbonyl (C=O) groups excluding carboxylic acids is 2. The van der Waals surface area contributed by atoms with Crippen LogP contribution in [0.3, 0.4) is 0 Å². The predicted octanol–water partition coefficient (Wildman–Crippen LogP) is 3.38. The molecule has 26 heavy (non-hydrogen) atoms. The molecule has 0 saturated heterocycles. The van der Waals surface area contributed by atoms with Crippen molar-refractivity contribution in [1.82, 2.24) is 5.32 Å². The highest BCUT2D eigenvalue weighted by molar-refractivity contribution is 5.87. The van der Waals surface area contributed by atoms with Crippen LogP contribution in [0, 0.1) is 11.6 Å². The van der Waals surface area contributed by atoms with Crippen LogP contribution in [0.5, 0.6) is 0 Å². The highest BCUT2D eigenvalue weighted by Gasteiger charge is 2.38. The van der Waals surface area contributed by atoms with Crippen molar-refractivity contribution in [3.8, 4) is 0 Å². The number of esters is 1. The van der Waals surface area contributed by atoms with Gasteiger partial charge in [0.1, 0.15) is 11.6 Å². The van der Waals surface area contributed by atoms with Crippen LogP contribution in [0.15, 0.2) is 35.9 Å². The molecule has 0 unspecified atom stereocenters. The van der Waals surface area contributed by atoms with Gasteiger partial charge in [0, 0.05) is 18.2 Å². The molecule has 1 fully saturated rings. The fourth-order valence-corrected chi connectivity index (χ4v) is 2.37. The number of halogens is 4. The summed E-state index contributed by atoms with van der Waals surface area (Å²) in [4.78, 5) is 22.9. The van der Waals surface area contributed by atoms with Crippen LogP contribution in [0.2, 0.25) is 0 Å². The Hall–Kier alpha value is -2.64. The molecule has 2 rings (SSSR count). The Morgan fingerprint density at radius 1 is 1.23 bits per heavy atom. The topological polar surface area (TPSA) is 55.4 Å². The van der Waals surface area contributed by atoms with Crippen molar-refractivity contribution in [2.45, 2.75) is 31.7 Å². The number of carbonyl (C=O) groups is 2. The van der Waals surface area contributed by atoms with Gasteiger partial charge < -0.3 is 10.1 Å². The van der Waals surface area contributed by atoms with Crippen LogP contribution in [0.25, 0.3) is 6.08 Å². The largest absolute Gasteiger partial charge is 0.463 e. The lowest BCUT2D eigenvalue weighted by atomic mass is 9.86. The highest BCUT2D eigenvalue weighted by atomic mass is 19.3. The summed E-state index contributed by atoms with van der Waals surface area (Å²) in [6.45, 7) is 1.89. The molecule has 1 N–H and O–H groups in total. The van der Waals surface area contributed by atoms with Gasteiger partial charge >= 0.3 is 11.9 Å². The molecular weight excluding hydrogens is 354 g/mol. The van der Waals surface area contributed by atoms with E-state index in [-0.39, 0.29) is 31.1 Å². The zero-order valence-electron chi connectivity index (χ0n) is 13.9. The first kappa shape index (κ1) is 19.7. The smallest absolute Gasteiger partial charge is 0.343 e. The number of alkyl halides is 2. The summed E-state index contributed by atoms with van der Waals surface area (Å²) in [5, 5.41) is 2.17. The van der Waals surface area contributed by atoms with Crippen LogP contribution >= 0.6 is 0 Å². The maximum absolute atomic E-state index is 13.9. The average Bonchev–Trinajstić information content (AvgIpc) is 2.50. The molecule has 0 aliphatic heterocycles. The number of hydrogen-bond donors (Lipinski definition) is 1. The summed E-state index contributed by atoms with van der Waals surface area (Å²) in [6, 6.07) is 1.84. The Labute approximate surface area is 147 Å². The van der Waals surface area contributed by atoms with E-state index in [0.29, 0.717) is 11.6 Å². The van der Waals surface area contributed by atoms with E-state index in [4.69, 9.17) is 4.74 Å². The van der Waals surface area contributed by atoms with Crippen molar-refractivity contribution < 1.29 is 31.9 Å². The molecule has 0 heterocycles. The summed E-state index contributed by atoms with van der Waals surface area (Å²) >= 11 is 0. The molecule has 0 atom stereocenters. The zero-order valence-corrected chi connectivity index (χ0v) is 13.9. The first-order chi connectivity index (χ1) is 12.2. The molecule has 1 aromatic carbocycles. The lowest BCUT2D eigenvalue weighted by Crippen LogP contribution is -2.47. The van der Waals surface area contributed by atoms with Crippen molar-refractivity contribution in [2.24, 2.45) is 0 Å². The number of ether oxygens (including phenoxy) is 1. The minimum absolute atomic E-state index is 0.127. The quantitative estimate of drug-likeness (QED) is 0.474. The Morgan fingerprint density at radius 2 is 1.85 bits per heavy atom. The summed E-state index contributed by atoms with van der Waals surface area (Å²) in [5.41, 5.74) is 0.570. The van der Waals surface area contributed by atoms with Gasteiger partial charge in [0.2, 0.25) is 0 Å². The summed E-state index contributed by atoms with van der Waals surface area (Å²) < 4.78 is 58.5. The first-order valence-electron chi connectivity index (χ1n) is 7.90. The zero-order chi connectivity index (χ0) is 19.3. The second-order valence-electron chi connectivity index (χ2n) is 5.79. The number of hydrogen-bond acceptors (Lipinski definition) is 3. The third-order valence-electron chi connectivity index (χ3n) is 3.63. The molecule has 1 saturated carbocycles. The van der Waals surface area contributed by atoms with Gasteiger partial charge in [0.15, 0.2) is 0 Å². The summed E-state index contributed by atoms with van der Waals surface area (Å²) in [7, 11) is 0.